The highest BCUT2D eigenvalue weighted by Gasteiger charge is 2.10. The van der Waals surface area contributed by atoms with Gasteiger partial charge in [-0.25, -0.2) is 4.79 Å². The van der Waals surface area contributed by atoms with Crippen LogP contribution in [0.2, 0.25) is 0 Å². The second-order valence-corrected chi connectivity index (χ2v) is 3.86. The predicted molar refractivity (Wildman–Crippen MR) is 73.6 cm³/mol. The molecule has 96 valence electrons. The summed E-state index contributed by atoms with van der Waals surface area (Å²) in [5.41, 5.74) is 1.65. The lowest BCUT2D eigenvalue weighted by atomic mass is 10.1. The van der Waals surface area contributed by atoms with Gasteiger partial charge in [0.2, 0.25) is 0 Å². The summed E-state index contributed by atoms with van der Waals surface area (Å²) in [5.74, 6) is -0.684. The summed E-state index contributed by atoms with van der Waals surface area (Å²) in [6.07, 6.45) is 1.63. The number of carboxylic acids is 1. The molecule has 4 heteroatoms. The molecular formula is C15H13NO3. The second kappa shape index (κ2) is 5.82. The Kier molecular flexibility index (Phi) is 3.93. The van der Waals surface area contributed by atoms with Gasteiger partial charge in [0, 0.05) is 6.21 Å². The molecular weight excluding hydrogens is 242 g/mol. The summed E-state index contributed by atoms with van der Waals surface area (Å²) in [7, 11) is 1.44. The number of hydrogen-bond acceptors (Lipinski definition) is 3. The van der Waals surface area contributed by atoms with Gasteiger partial charge in [-0.1, -0.05) is 18.2 Å². The lowest BCUT2D eigenvalue weighted by molar-refractivity contribution is 0.0693. The molecule has 0 saturated heterocycles. The van der Waals surface area contributed by atoms with E-state index >= 15 is 0 Å². The molecule has 19 heavy (non-hydrogen) atoms. The average Bonchev–Trinajstić information content (AvgIpc) is 2.46. The molecule has 0 unspecified atom stereocenters. The largest absolute Gasteiger partial charge is 0.496 e. The van der Waals surface area contributed by atoms with Gasteiger partial charge < -0.3 is 9.84 Å². The van der Waals surface area contributed by atoms with E-state index in [9.17, 15) is 4.79 Å². The van der Waals surface area contributed by atoms with Crippen molar-refractivity contribution in [1.82, 2.24) is 0 Å². The van der Waals surface area contributed by atoms with E-state index in [1.807, 2.05) is 30.3 Å². The Morgan fingerprint density at radius 2 is 1.95 bits per heavy atom. The molecule has 0 aliphatic carbocycles. The molecule has 0 fully saturated rings. The van der Waals surface area contributed by atoms with Crippen LogP contribution >= 0.6 is 0 Å². The molecule has 0 aliphatic heterocycles. The third-order valence-electron chi connectivity index (χ3n) is 2.57. The molecule has 0 radical (unpaired) electrons. The number of carboxylic acid groups (broad SMARTS) is 1. The van der Waals surface area contributed by atoms with Gasteiger partial charge in [0.05, 0.1) is 12.8 Å². The molecule has 2 aromatic carbocycles. The van der Waals surface area contributed by atoms with E-state index < -0.39 is 5.97 Å². The Balaban J connectivity index is 2.29. The molecule has 0 amide bonds. The predicted octanol–water partition coefficient (Wildman–Crippen LogP) is 3.14. The van der Waals surface area contributed by atoms with Gasteiger partial charge in [0.1, 0.15) is 11.3 Å². The highest BCUT2D eigenvalue weighted by Crippen LogP contribution is 2.19. The summed E-state index contributed by atoms with van der Waals surface area (Å²) < 4.78 is 5.00. The van der Waals surface area contributed by atoms with Gasteiger partial charge in [-0.2, -0.15) is 0 Å². The van der Waals surface area contributed by atoms with Crippen LogP contribution in [-0.4, -0.2) is 24.4 Å². The molecule has 0 bridgehead atoms. The van der Waals surface area contributed by atoms with Crippen molar-refractivity contribution in [3.8, 4) is 5.75 Å². The number of carbonyl (C=O) groups is 1. The average molecular weight is 255 g/mol. The molecule has 2 rings (SSSR count). The van der Waals surface area contributed by atoms with Crippen molar-refractivity contribution < 1.29 is 14.6 Å². The third kappa shape index (κ3) is 3.19. The maximum Gasteiger partial charge on any atom is 0.339 e. The van der Waals surface area contributed by atoms with Crippen LogP contribution in [0.3, 0.4) is 0 Å². The van der Waals surface area contributed by atoms with Crippen LogP contribution in [0.1, 0.15) is 15.9 Å². The van der Waals surface area contributed by atoms with Crippen LogP contribution in [0, 0.1) is 0 Å². The number of hydrogen-bond donors (Lipinski definition) is 1. The van der Waals surface area contributed by atoms with Crippen molar-refractivity contribution in [2.24, 2.45) is 4.99 Å². The lowest BCUT2D eigenvalue weighted by Crippen LogP contribution is -2.01. The number of nitrogens with zero attached hydrogens (tertiary/aromatic N) is 1. The third-order valence-corrected chi connectivity index (χ3v) is 2.57. The number of ether oxygens (including phenoxy) is 1. The molecule has 1 N–H and O–H groups in total. The Bertz CT molecular complexity index is 606. The summed E-state index contributed by atoms with van der Waals surface area (Å²) in [6.45, 7) is 0. The van der Waals surface area contributed by atoms with Crippen LogP contribution < -0.4 is 4.74 Å². The van der Waals surface area contributed by atoms with Crippen molar-refractivity contribution >= 4 is 17.9 Å². The number of para-hydroxylation sites is 1. The quantitative estimate of drug-likeness (QED) is 0.854. The van der Waals surface area contributed by atoms with E-state index in [1.54, 1.807) is 18.3 Å². The first-order valence-electron chi connectivity index (χ1n) is 5.71. The van der Waals surface area contributed by atoms with Gasteiger partial charge >= 0.3 is 5.97 Å². The van der Waals surface area contributed by atoms with Gasteiger partial charge in [-0.3, -0.25) is 4.99 Å². The maximum atomic E-state index is 11.1. The zero-order chi connectivity index (χ0) is 13.7. The summed E-state index contributed by atoms with van der Waals surface area (Å²) in [6, 6.07) is 14.4. The summed E-state index contributed by atoms with van der Waals surface area (Å²) in [5, 5.41) is 9.08. The zero-order valence-corrected chi connectivity index (χ0v) is 10.4. The highest BCUT2D eigenvalue weighted by atomic mass is 16.5. The van der Waals surface area contributed by atoms with Crippen LogP contribution in [0.4, 0.5) is 5.69 Å². The number of aliphatic imine (C=N–C) groups is 1. The summed E-state index contributed by atoms with van der Waals surface area (Å²) >= 11 is 0. The molecule has 0 spiro atoms. The second-order valence-electron chi connectivity index (χ2n) is 3.86. The normalized spacial score (nSPS) is 10.6. The zero-order valence-electron chi connectivity index (χ0n) is 10.4. The van der Waals surface area contributed by atoms with Crippen molar-refractivity contribution in [3.63, 3.8) is 0 Å². The van der Waals surface area contributed by atoms with Crippen molar-refractivity contribution in [3.05, 3.63) is 59.7 Å². The van der Waals surface area contributed by atoms with Crippen molar-refractivity contribution in [1.29, 1.82) is 0 Å². The molecule has 2 aromatic rings. The van der Waals surface area contributed by atoms with E-state index in [1.165, 1.54) is 13.2 Å². The highest BCUT2D eigenvalue weighted by molar-refractivity contribution is 5.94. The van der Waals surface area contributed by atoms with Gasteiger partial charge in [-0.05, 0) is 35.9 Å². The number of aromatic carboxylic acids is 1. The fraction of sp³-hybridized carbons (Fsp3) is 0.0667. The molecule has 0 atom stereocenters. The minimum absolute atomic E-state index is 0.125. The minimum Gasteiger partial charge on any atom is -0.496 e. The van der Waals surface area contributed by atoms with E-state index in [0.717, 1.165) is 5.69 Å². The molecule has 0 heterocycles. The molecule has 0 saturated carbocycles. The van der Waals surface area contributed by atoms with Gasteiger partial charge in [0.15, 0.2) is 0 Å². The Morgan fingerprint density at radius 1 is 1.21 bits per heavy atom. The van der Waals surface area contributed by atoms with E-state index in [4.69, 9.17) is 9.84 Å². The van der Waals surface area contributed by atoms with E-state index in [2.05, 4.69) is 4.99 Å². The molecule has 0 aliphatic rings. The first-order valence-corrected chi connectivity index (χ1v) is 5.71. The number of methoxy groups -OCH3 is 1. The lowest BCUT2D eigenvalue weighted by Gasteiger charge is -2.05. The Morgan fingerprint density at radius 3 is 2.58 bits per heavy atom. The van der Waals surface area contributed by atoms with Crippen LogP contribution in [0.25, 0.3) is 0 Å². The molecule has 4 nitrogen and oxygen atoms in total. The SMILES string of the molecule is COc1ccc(C=Nc2ccccc2)cc1C(=O)O. The van der Waals surface area contributed by atoms with E-state index in [-0.39, 0.29) is 5.56 Å². The Hall–Kier alpha value is -2.62. The number of benzene rings is 2. The maximum absolute atomic E-state index is 11.1. The smallest absolute Gasteiger partial charge is 0.339 e. The fourth-order valence-corrected chi connectivity index (χ4v) is 1.64. The minimum atomic E-state index is -1.02. The molecule has 0 aromatic heterocycles. The van der Waals surface area contributed by atoms with Gasteiger partial charge in [0.25, 0.3) is 0 Å². The van der Waals surface area contributed by atoms with Crippen LogP contribution in [0.5, 0.6) is 5.75 Å². The Labute approximate surface area is 111 Å². The topological polar surface area (TPSA) is 58.9 Å². The first-order chi connectivity index (χ1) is 9.20. The standard InChI is InChI=1S/C15H13NO3/c1-19-14-8-7-11(9-13(14)15(17)18)10-16-12-5-3-2-4-6-12/h2-10H,1H3,(H,17,18). The summed E-state index contributed by atoms with van der Waals surface area (Å²) in [4.78, 5) is 15.4. The van der Waals surface area contributed by atoms with Crippen molar-refractivity contribution in [2.75, 3.05) is 7.11 Å². The van der Waals surface area contributed by atoms with Crippen molar-refractivity contribution in [2.45, 2.75) is 0 Å². The monoisotopic (exact) mass is 255 g/mol. The first kappa shape index (κ1) is 12.8. The van der Waals surface area contributed by atoms with Gasteiger partial charge in [-0.15, -0.1) is 0 Å². The fourth-order valence-electron chi connectivity index (χ4n) is 1.64. The van der Waals surface area contributed by atoms with Crippen LogP contribution in [0.15, 0.2) is 53.5 Å². The van der Waals surface area contributed by atoms with Crippen LogP contribution in [-0.2, 0) is 0 Å². The van der Waals surface area contributed by atoms with E-state index in [0.29, 0.717) is 11.3 Å². The number of rotatable bonds is 4.